The van der Waals surface area contributed by atoms with Gasteiger partial charge in [0.2, 0.25) is 5.75 Å². The second-order valence-corrected chi connectivity index (χ2v) is 5.29. The summed E-state index contributed by atoms with van der Waals surface area (Å²) in [6, 6.07) is 7.19. The number of ether oxygens (including phenoxy) is 3. The van der Waals surface area contributed by atoms with E-state index in [4.69, 9.17) is 14.2 Å². The van der Waals surface area contributed by atoms with Gasteiger partial charge in [0.15, 0.2) is 11.5 Å². The number of hydrogen-bond donors (Lipinski definition) is 2. The summed E-state index contributed by atoms with van der Waals surface area (Å²) in [5.41, 5.74) is 1.03. The number of nitrogens with zero attached hydrogens (tertiary/aromatic N) is 2. The van der Waals surface area contributed by atoms with Gasteiger partial charge in [0.25, 0.3) is 5.56 Å². The predicted molar refractivity (Wildman–Crippen MR) is 88.8 cm³/mol. The molecule has 2 rings (SSSR count). The van der Waals surface area contributed by atoms with Crippen LogP contribution in [0.4, 0.5) is 0 Å². The highest BCUT2D eigenvalue weighted by Crippen LogP contribution is 2.42. The van der Waals surface area contributed by atoms with Gasteiger partial charge in [-0.3, -0.25) is 9.89 Å². The van der Waals surface area contributed by atoms with Gasteiger partial charge in [0.1, 0.15) is 5.92 Å². The molecule has 8 nitrogen and oxygen atoms in total. The molecule has 130 valence electrons. The van der Waals surface area contributed by atoms with Crippen molar-refractivity contribution in [3.05, 3.63) is 39.3 Å². The number of aromatic amines is 2. The quantitative estimate of drug-likeness (QED) is 0.825. The second kappa shape index (κ2) is 7.45. The molecule has 2 N–H and O–H groups in total. The maximum Gasteiger partial charge on any atom is 0.268 e. The molecule has 1 heterocycles. The summed E-state index contributed by atoms with van der Waals surface area (Å²) in [5, 5.41) is 24.0. The van der Waals surface area contributed by atoms with Crippen LogP contribution in [0.1, 0.15) is 22.7 Å². The number of rotatable bonds is 6. The Morgan fingerprint density at radius 1 is 1.00 bits per heavy atom. The van der Waals surface area contributed by atoms with Crippen LogP contribution in [0, 0.1) is 35.5 Å². The lowest BCUT2D eigenvalue weighted by Crippen LogP contribution is -2.19. The lowest BCUT2D eigenvalue weighted by atomic mass is 9.82. The van der Waals surface area contributed by atoms with E-state index in [0.29, 0.717) is 34.1 Å². The molecule has 1 atom stereocenters. The summed E-state index contributed by atoms with van der Waals surface area (Å²) in [6.07, 6.45) is 0. The molecule has 0 bridgehead atoms. The largest absolute Gasteiger partial charge is 0.493 e. The van der Waals surface area contributed by atoms with Crippen LogP contribution in [-0.2, 0) is 0 Å². The fourth-order valence-corrected chi connectivity index (χ4v) is 2.81. The smallest absolute Gasteiger partial charge is 0.268 e. The zero-order chi connectivity index (χ0) is 18.6. The minimum absolute atomic E-state index is 0.322. The zero-order valence-corrected chi connectivity index (χ0v) is 14.3. The SMILES string of the molecule is COc1cc(C(c2c(C)[nH][nH]c2=O)C(C#N)C#N)cc(OC)c1OC. The third-order valence-corrected chi connectivity index (χ3v) is 3.98. The topological polar surface area (TPSA) is 124 Å². The highest BCUT2D eigenvalue weighted by Gasteiger charge is 2.31. The van der Waals surface area contributed by atoms with Crippen molar-refractivity contribution in [3.8, 4) is 29.4 Å². The van der Waals surface area contributed by atoms with Gasteiger partial charge in [-0.05, 0) is 24.6 Å². The van der Waals surface area contributed by atoms with E-state index in [1.807, 2.05) is 12.1 Å². The number of nitriles is 2. The van der Waals surface area contributed by atoms with E-state index < -0.39 is 11.8 Å². The standard InChI is InChI=1S/C17H18N4O4/c1-9-14(17(22)21-20-9)15(11(7-18)8-19)10-5-12(23-2)16(25-4)13(6-10)24-3/h5-6,11,15H,1-4H3,(H2,20,21,22). The van der Waals surface area contributed by atoms with Gasteiger partial charge in [0.05, 0.1) is 33.5 Å². The first-order valence-electron chi connectivity index (χ1n) is 7.38. The molecule has 25 heavy (non-hydrogen) atoms. The van der Waals surface area contributed by atoms with E-state index in [2.05, 4.69) is 10.2 Å². The molecule has 0 amide bonds. The summed E-state index contributed by atoms with van der Waals surface area (Å²) < 4.78 is 15.9. The van der Waals surface area contributed by atoms with Crippen LogP contribution in [0.2, 0.25) is 0 Å². The van der Waals surface area contributed by atoms with Crippen molar-refractivity contribution in [1.82, 2.24) is 10.2 Å². The summed E-state index contributed by atoms with van der Waals surface area (Å²) in [4.78, 5) is 12.2. The van der Waals surface area contributed by atoms with E-state index >= 15 is 0 Å². The molecule has 0 saturated heterocycles. The molecule has 0 fully saturated rings. The molecule has 0 radical (unpaired) electrons. The molecule has 0 saturated carbocycles. The lowest BCUT2D eigenvalue weighted by Gasteiger charge is -2.20. The van der Waals surface area contributed by atoms with E-state index in [0.717, 1.165) is 0 Å². The third kappa shape index (κ3) is 3.15. The molecular formula is C17H18N4O4. The normalized spacial score (nSPS) is 11.5. The maximum atomic E-state index is 12.2. The molecule has 0 aliphatic heterocycles. The first-order valence-corrected chi connectivity index (χ1v) is 7.38. The summed E-state index contributed by atoms with van der Waals surface area (Å²) >= 11 is 0. The number of H-pyrrole nitrogens is 2. The number of methoxy groups -OCH3 is 3. The van der Waals surface area contributed by atoms with Crippen molar-refractivity contribution in [3.63, 3.8) is 0 Å². The van der Waals surface area contributed by atoms with E-state index in [1.165, 1.54) is 21.3 Å². The minimum Gasteiger partial charge on any atom is -0.493 e. The van der Waals surface area contributed by atoms with Crippen molar-refractivity contribution in [1.29, 1.82) is 10.5 Å². The average molecular weight is 342 g/mol. The number of aromatic nitrogens is 2. The second-order valence-electron chi connectivity index (χ2n) is 5.29. The van der Waals surface area contributed by atoms with Gasteiger partial charge < -0.3 is 19.3 Å². The predicted octanol–water partition coefficient (Wildman–Crippen LogP) is 1.83. The third-order valence-electron chi connectivity index (χ3n) is 3.98. The van der Waals surface area contributed by atoms with Crippen LogP contribution in [-0.4, -0.2) is 31.5 Å². The van der Waals surface area contributed by atoms with E-state index in [1.54, 1.807) is 19.1 Å². The van der Waals surface area contributed by atoms with Crippen LogP contribution >= 0.6 is 0 Å². The van der Waals surface area contributed by atoms with Gasteiger partial charge in [-0.2, -0.15) is 10.5 Å². The van der Waals surface area contributed by atoms with Gasteiger partial charge in [-0.15, -0.1) is 0 Å². The highest BCUT2D eigenvalue weighted by atomic mass is 16.5. The molecule has 1 aromatic carbocycles. The van der Waals surface area contributed by atoms with Crippen molar-refractivity contribution >= 4 is 0 Å². The van der Waals surface area contributed by atoms with Crippen LogP contribution in [0.3, 0.4) is 0 Å². The number of benzene rings is 1. The molecule has 0 aliphatic carbocycles. The zero-order valence-electron chi connectivity index (χ0n) is 14.3. The summed E-state index contributed by atoms with van der Waals surface area (Å²) in [6.45, 7) is 1.70. The van der Waals surface area contributed by atoms with Gasteiger partial charge in [0, 0.05) is 17.2 Å². The van der Waals surface area contributed by atoms with Gasteiger partial charge in [-0.25, -0.2) is 0 Å². The monoisotopic (exact) mass is 342 g/mol. The Morgan fingerprint density at radius 3 is 1.92 bits per heavy atom. The Balaban J connectivity index is 2.78. The molecule has 8 heteroatoms. The molecule has 1 aromatic heterocycles. The molecule has 0 spiro atoms. The molecule has 0 aliphatic rings. The number of aryl methyl sites for hydroxylation is 1. The molecule has 2 aromatic rings. The van der Waals surface area contributed by atoms with E-state index in [9.17, 15) is 15.3 Å². The van der Waals surface area contributed by atoms with Crippen molar-refractivity contribution < 1.29 is 14.2 Å². The molecule has 1 unspecified atom stereocenters. The number of hydrogen-bond acceptors (Lipinski definition) is 6. The Morgan fingerprint density at radius 2 is 1.56 bits per heavy atom. The average Bonchev–Trinajstić information content (AvgIpc) is 2.96. The number of nitrogens with one attached hydrogen (secondary N) is 2. The Kier molecular flexibility index (Phi) is 5.35. The van der Waals surface area contributed by atoms with Crippen molar-refractivity contribution in [2.75, 3.05) is 21.3 Å². The van der Waals surface area contributed by atoms with Gasteiger partial charge in [-0.1, -0.05) is 0 Å². The Bertz CT molecular complexity index is 862. The summed E-state index contributed by atoms with van der Waals surface area (Å²) in [5.74, 6) is -0.711. The highest BCUT2D eigenvalue weighted by molar-refractivity contribution is 5.56. The first-order chi connectivity index (χ1) is 12.0. The Hall–Kier alpha value is -3.39. The summed E-state index contributed by atoms with van der Waals surface area (Å²) in [7, 11) is 4.42. The van der Waals surface area contributed by atoms with Crippen molar-refractivity contribution in [2.24, 2.45) is 5.92 Å². The van der Waals surface area contributed by atoms with Gasteiger partial charge >= 0.3 is 0 Å². The maximum absolute atomic E-state index is 12.2. The fourth-order valence-electron chi connectivity index (χ4n) is 2.81. The van der Waals surface area contributed by atoms with Crippen molar-refractivity contribution in [2.45, 2.75) is 12.8 Å². The van der Waals surface area contributed by atoms with Crippen LogP contribution in [0.15, 0.2) is 16.9 Å². The minimum atomic E-state index is -1.07. The first kappa shape index (κ1) is 18.0. The van der Waals surface area contributed by atoms with Crippen LogP contribution < -0.4 is 19.8 Å². The Labute approximate surface area is 144 Å². The lowest BCUT2D eigenvalue weighted by molar-refractivity contribution is 0.323. The van der Waals surface area contributed by atoms with Crippen LogP contribution in [0.25, 0.3) is 0 Å². The van der Waals surface area contributed by atoms with E-state index in [-0.39, 0.29) is 5.56 Å². The fraction of sp³-hybridized carbons (Fsp3) is 0.353. The molecular weight excluding hydrogens is 324 g/mol. The van der Waals surface area contributed by atoms with Crippen LogP contribution in [0.5, 0.6) is 17.2 Å².